The summed E-state index contributed by atoms with van der Waals surface area (Å²) in [4.78, 5) is 38.5. The lowest BCUT2D eigenvalue weighted by atomic mass is 9.84. The van der Waals surface area contributed by atoms with Crippen LogP contribution < -0.4 is 10.1 Å². The zero-order valence-corrected chi connectivity index (χ0v) is 13.1. The summed E-state index contributed by atoms with van der Waals surface area (Å²) < 4.78 is 5.37. The molecule has 0 aromatic carbocycles. The monoisotopic (exact) mass is 322 g/mol. The zero-order chi connectivity index (χ0) is 17.4. The van der Waals surface area contributed by atoms with Gasteiger partial charge in [0.05, 0.1) is 0 Å². The lowest BCUT2D eigenvalue weighted by molar-refractivity contribution is -0.163. The number of nitrogens with one attached hydrogen (secondary N) is 1. The van der Waals surface area contributed by atoms with E-state index < -0.39 is 17.4 Å². The fraction of sp³-hybridized carbons (Fsp3) is 0.467. The van der Waals surface area contributed by atoms with Crippen LogP contribution in [-0.2, 0) is 27.2 Å². The highest BCUT2D eigenvalue weighted by molar-refractivity contribution is 6.00. The predicted molar refractivity (Wildman–Crippen MR) is 78.4 cm³/mol. The molecular formula is C15H18N2O6. The molecule has 0 bridgehead atoms. The molecule has 8 nitrogen and oxygen atoms in total. The minimum atomic E-state index is -1.88. The Morgan fingerprint density at radius 2 is 1.74 bits per heavy atom. The van der Waals surface area contributed by atoms with Gasteiger partial charge < -0.3 is 20.3 Å². The summed E-state index contributed by atoms with van der Waals surface area (Å²) in [5.41, 5.74) is 0.452. The molecule has 0 atom stereocenters. The van der Waals surface area contributed by atoms with E-state index in [-0.39, 0.29) is 31.2 Å². The Hall–Kier alpha value is -2.64. The summed E-state index contributed by atoms with van der Waals surface area (Å²) in [5.74, 6) is -2.84. The molecule has 124 valence electrons. The van der Waals surface area contributed by atoms with Crippen LogP contribution in [0, 0.1) is 19.3 Å². The average molecular weight is 322 g/mol. The van der Waals surface area contributed by atoms with E-state index in [1.54, 1.807) is 13.8 Å². The van der Waals surface area contributed by atoms with E-state index in [0.717, 1.165) is 0 Å². The summed E-state index contributed by atoms with van der Waals surface area (Å²) in [6.07, 6.45) is -0.235. The second kappa shape index (κ2) is 5.86. The molecule has 1 aromatic rings. The Labute approximate surface area is 132 Å². The first-order chi connectivity index (χ1) is 10.7. The SMILES string of the molecule is CNC(=O)COc1nc(C)c2c(c1C)CC(C(=O)O)(C(=O)O)C2. The third-order valence-corrected chi connectivity index (χ3v) is 4.24. The minimum Gasteiger partial charge on any atom is -0.480 e. The van der Waals surface area contributed by atoms with E-state index in [1.807, 2.05) is 0 Å². The highest BCUT2D eigenvalue weighted by Gasteiger charge is 2.52. The van der Waals surface area contributed by atoms with Gasteiger partial charge in [0.15, 0.2) is 12.0 Å². The number of pyridine rings is 1. The Bertz CT molecular complexity index is 684. The number of fused-ring (bicyclic) bond motifs is 1. The van der Waals surface area contributed by atoms with Gasteiger partial charge in [0.1, 0.15) is 0 Å². The maximum Gasteiger partial charge on any atom is 0.321 e. The molecule has 1 aliphatic rings. The van der Waals surface area contributed by atoms with Crippen LogP contribution in [0.4, 0.5) is 0 Å². The molecule has 3 N–H and O–H groups in total. The van der Waals surface area contributed by atoms with E-state index in [1.165, 1.54) is 7.05 Å². The van der Waals surface area contributed by atoms with E-state index in [0.29, 0.717) is 22.4 Å². The van der Waals surface area contributed by atoms with E-state index in [9.17, 15) is 24.6 Å². The molecule has 0 saturated carbocycles. The van der Waals surface area contributed by atoms with Gasteiger partial charge in [-0.1, -0.05) is 0 Å². The summed E-state index contributed by atoms with van der Waals surface area (Å²) in [5, 5.41) is 21.2. The highest BCUT2D eigenvalue weighted by Crippen LogP contribution is 2.42. The number of rotatable bonds is 5. The van der Waals surface area contributed by atoms with E-state index in [4.69, 9.17) is 4.74 Å². The minimum absolute atomic E-state index is 0.109. The number of ether oxygens (including phenoxy) is 1. The lowest BCUT2D eigenvalue weighted by Gasteiger charge is -2.17. The standard InChI is InChI=1S/C15H18N2O6/c1-7-9-4-15(13(19)20,14(21)22)5-10(9)8(2)17-12(7)23-6-11(18)16-3/h4-6H2,1-3H3,(H,16,18)(H,19,20)(H,21,22). The van der Waals surface area contributed by atoms with Gasteiger partial charge in [-0.25, -0.2) is 4.98 Å². The van der Waals surface area contributed by atoms with Crippen molar-refractivity contribution < 1.29 is 29.3 Å². The molecule has 8 heteroatoms. The van der Waals surface area contributed by atoms with Crippen molar-refractivity contribution >= 4 is 17.8 Å². The van der Waals surface area contributed by atoms with Gasteiger partial charge in [-0.3, -0.25) is 14.4 Å². The molecular weight excluding hydrogens is 304 g/mol. The van der Waals surface area contributed by atoms with Crippen molar-refractivity contribution in [1.82, 2.24) is 10.3 Å². The van der Waals surface area contributed by atoms with Crippen molar-refractivity contribution in [2.75, 3.05) is 13.7 Å². The second-order valence-electron chi connectivity index (χ2n) is 5.59. The van der Waals surface area contributed by atoms with E-state index in [2.05, 4.69) is 10.3 Å². The van der Waals surface area contributed by atoms with Crippen LogP contribution in [0.25, 0.3) is 0 Å². The molecule has 1 amide bonds. The number of hydrogen-bond donors (Lipinski definition) is 3. The molecule has 1 aliphatic carbocycles. The Morgan fingerprint density at radius 3 is 2.26 bits per heavy atom. The number of hydrogen-bond acceptors (Lipinski definition) is 5. The van der Waals surface area contributed by atoms with Gasteiger partial charge in [-0.2, -0.15) is 0 Å². The average Bonchev–Trinajstić information content (AvgIpc) is 2.92. The van der Waals surface area contributed by atoms with Crippen molar-refractivity contribution in [3.05, 3.63) is 22.4 Å². The maximum absolute atomic E-state index is 11.5. The first-order valence-electron chi connectivity index (χ1n) is 7.02. The molecule has 1 heterocycles. The quantitative estimate of drug-likeness (QED) is 0.655. The normalized spacial score (nSPS) is 14.9. The molecule has 2 rings (SSSR count). The smallest absolute Gasteiger partial charge is 0.321 e. The zero-order valence-electron chi connectivity index (χ0n) is 13.1. The van der Waals surface area contributed by atoms with Crippen LogP contribution in [0.3, 0.4) is 0 Å². The van der Waals surface area contributed by atoms with Gasteiger partial charge >= 0.3 is 11.9 Å². The van der Waals surface area contributed by atoms with Gasteiger partial charge in [0.2, 0.25) is 5.88 Å². The van der Waals surface area contributed by atoms with Gasteiger partial charge in [0, 0.05) is 31.1 Å². The first-order valence-corrected chi connectivity index (χ1v) is 7.02. The molecule has 0 saturated heterocycles. The Balaban J connectivity index is 2.42. The Morgan fingerprint density at radius 1 is 1.17 bits per heavy atom. The van der Waals surface area contributed by atoms with Crippen LogP contribution >= 0.6 is 0 Å². The maximum atomic E-state index is 11.5. The number of aryl methyl sites for hydroxylation is 1. The number of likely N-dealkylation sites (N-methyl/N-ethyl adjacent to an activating group) is 1. The summed E-state index contributed by atoms with van der Waals surface area (Å²) >= 11 is 0. The van der Waals surface area contributed by atoms with Crippen LogP contribution in [-0.4, -0.2) is 46.7 Å². The molecule has 1 aromatic heterocycles. The van der Waals surface area contributed by atoms with Crippen LogP contribution in [0.15, 0.2) is 0 Å². The fourth-order valence-electron chi connectivity index (χ4n) is 2.76. The van der Waals surface area contributed by atoms with Crippen LogP contribution in [0.1, 0.15) is 22.4 Å². The van der Waals surface area contributed by atoms with Crippen molar-refractivity contribution in [2.45, 2.75) is 26.7 Å². The number of aliphatic carboxylic acids is 2. The third-order valence-electron chi connectivity index (χ3n) is 4.24. The summed E-state index contributed by atoms with van der Waals surface area (Å²) in [6.45, 7) is 3.14. The molecule has 0 spiro atoms. The number of carboxylic acid groups (broad SMARTS) is 2. The topological polar surface area (TPSA) is 126 Å². The Kier molecular flexibility index (Phi) is 4.26. The molecule has 0 radical (unpaired) electrons. The number of amides is 1. The number of nitrogens with zero attached hydrogens (tertiary/aromatic N) is 1. The van der Waals surface area contributed by atoms with Gasteiger partial charge in [0.25, 0.3) is 5.91 Å². The van der Waals surface area contributed by atoms with Crippen molar-refractivity contribution in [3.8, 4) is 5.88 Å². The molecule has 0 unspecified atom stereocenters. The number of carboxylic acids is 2. The van der Waals surface area contributed by atoms with Gasteiger partial charge in [-0.05, 0) is 25.0 Å². The molecule has 23 heavy (non-hydrogen) atoms. The van der Waals surface area contributed by atoms with Crippen LogP contribution in [0.5, 0.6) is 5.88 Å². The lowest BCUT2D eigenvalue weighted by Crippen LogP contribution is -2.40. The predicted octanol–water partition coefficient (Wildman–Crippen LogP) is 0.0774. The van der Waals surface area contributed by atoms with Gasteiger partial charge in [-0.15, -0.1) is 0 Å². The summed E-state index contributed by atoms with van der Waals surface area (Å²) in [6, 6.07) is 0. The third kappa shape index (κ3) is 2.71. The van der Waals surface area contributed by atoms with E-state index >= 15 is 0 Å². The number of carbonyl (C=O) groups excluding carboxylic acids is 1. The van der Waals surface area contributed by atoms with Crippen molar-refractivity contribution in [1.29, 1.82) is 0 Å². The molecule has 0 fully saturated rings. The van der Waals surface area contributed by atoms with Crippen LogP contribution in [0.2, 0.25) is 0 Å². The first kappa shape index (κ1) is 16.7. The largest absolute Gasteiger partial charge is 0.480 e. The number of aromatic nitrogens is 1. The fourth-order valence-corrected chi connectivity index (χ4v) is 2.76. The molecule has 0 aliphatic heterocycles. The highest BCUT2D eigenvalue weighted by atomic mass is 16.5. The second-order valence-corrected chi connectivity index (χ2v) is 5.59. The summed E-state index contributed by atoms with van der Waals surface area (Å²) in [7, 11) is 1.48. The van der Waals surface area contributed by atoms with Crippen molar-refractivity contribution in [3.63, 3.8) is 0 Å². The number of carbonyl (C=O) groups is 3. The van der Waals surface area contributed by atoms with Crippen molar-refractivity contribution in [2.24, 2.45) is 5.41 Å².